The second-order valence-electron chi connectivity index (χ2n) is 4.58. The highest BCUT2D eigenvalue weighted by atomic mass is 32.2. The van der Waals surface area contributed by atoms with E-state index in [4.69, 9.17) is 0 Å². The van der Waals surface area contributed by atoms with Crippen LogP contribution < -0.4 is 4.74 Å². The molecule has 0 spiro atoms. The van der Waals surface area contributed by atoms with E-state index < -0.39 is 27.0 Å². The average Bonchev–Trinajstić information content (AvgIpc) is 2.62. The van der Waals surface area contributed by atoms with Crippen LogP contribution in [0.2, 0.25) is 0 Å². The van der Waals surface area contributed by atoms with Crippen LogP contribution in [0.1, 0.15) is 0 Å². The van der Waals surface area contributed by atoms with Crippen LogP contribution in [-0.2, 0) is 19.6 Å². The lowest BCUT2D eigenvalue weighted by atomic mass is 10.3. The molecule has 2 aromatic rings. The summed E-state index contributed by atoms with van der Waals surface area (Å²) in [5, 5.41) is 0. The Hall–Kier alpha value is -2.91. The minimum Gasteiger partial charge on any atom is -0.406 e. The molecule has 0 atom stereocenters. The van der Waals surface area contributed by atoms with Crippen molar-refractivity contribution in [1.82, 2.24) is 0 Å². The number of nitrogens with zero attached hydrogens (tertiary/aromatic N) is 2. The van der Waals surface area contributed by atoms with Crippen molar-refractivity contribution >= 4 is 39.6 Å². The smallest absolute Gasteiger partial charge is 0.406 e. The number of alkyl halides is 3. The normalized spacial score (nSPS) is 10.6. The maximum absolute atomic E-state index is 11.8. The third-order valence-corrected chi connectivity index (χ3v) is 4.69. The van der Waals surface area contributed by atoms with Crippen LogP contribution >= 0.6 is 11.8 Å². The Balaban J connectivity index is 0.000000307. The van der Waals surface area contributed by atoms with Gasteiger partial charge in [0.1, 0.15) is 5.75 Å². The molecule has 0 N–H and O–H groups in total. The van der Waals surface area contributed by atoms with Gasteiger partial charge in [-0.1, -0.05) is 4.40 Å². The van der Waals surface area contributed by atoms with E-state index >= 15 is 0 Å². The topological polar surface area (TPSA) is 102 Å². The number of ether oxygens (including phenoxy) is 1. The Bertz CT molecular complexity index is 978. The number of thioether (sulfide) groups is 1. The Labute approximate surface area is 162 Å². The molecule has 0 fully saturated rings. The fraction of sp³-hybridized carbons (Fsp3) is 0.125. The summed E-state index contributed by atoms with van der Waals surface area (Å²) in [5.41, 5.74) is 0.651. The number of isocyanates is 2. The van der Waals surface area contributed by atoms with Crippen LogP contribution in [0.4, 0.5) is 18.9 Å². The van der Waals surface area contributed by atoms with Gasteiger partial charge >= 0.3 is 6.36 Å². The Kier molecular flexibility index (Phi) is 8.62. The van der Waals surface area contributed by atoms with E-state index in [2.05, 4.69) is 14.1 Å². The minimum atomic E-state index is -4.86. The molecular formula is C16H11F3N2O5S2. The zero-order valence-electron chi connectivity index (χ0n) is 14.0. The molecular weight excluding hydrogens is 421 g/mol. The molecule has 0 aromatic heterocycles. The van der Waals surface area contributed by atoms with E-state index in [1.54, 1.807) is 23.9 Å². The molecule has 0 saturated heterocycles. The first-order chi connectivity index (χ1) is 13.1. The molecule has 7 nitrogen and oxygen atoms in total. The number of hydrogen-bond acceptors (Lipinski definition) is 7. The first kappa shape index (κ1) is 23.1. The van der Waals surface area contributed by atoms with Gasteiger partial charge < -0.3 is 4.74 Å². The highest BCUT2D eigenvalue weighted by molar-refractivity contribution is 7.98. The highest BCUT2D eigenvalue weighted by Crippen LogP contribution is 2.24. The molecule has 2 aromatic carbocycles. The van der Waals surface area contributed by atoms with Gasteiger partial charge in [-0.3, -0.25) is 0 Å². The lowest BCUT2D eigenvalue weighted by Gasteiger charge is -2.08. The van der Waals surface area contributed by atoms with Gasteiger partial charge in [0.05, 0.1) is 10.6 Å². The van der Waals surface area contributed by atoms with E-state index in [1.165, 1.54) is 6.08 Å². The van der Waals surface area contributed by atoms with Crippen LogP contribution in [0.3, 0.4) is 0 Å². The van der Waals surface area contributed by atoms with Gasteiger partial charge in [0, 0.05) is 4.90 Å². The van der Waals surface area contributed by atoms with Gasteiger partial charge in [0.15, 0.2) is 0 Å². The standard InChI is InChI=1S/C8H4F3NO4S.C8H7NOS/c9-8(10,11)16-6-1-3-7(4-2-6)17(14,15)12-5-13;1-11-8-4-2-7(3-5-8)9-6-10/h1-4H;2-5H,1H3. The molecule has 0 unspecified atom stereocenters. The van der Waals surface area contributed by atoms with Gasteiger partial charge in [-0.2, -0.15) is 13.4 Å². The van der Waals surface area contributed by atoms with Crippen molar-refractivity contribution in [1.29, 1.82) is 0 Å². The predicted octanol–water partition coefficient (Wildman–Crippen LogP) is 3.99. The minimum absolute atomic E-state index is 0.435. The Morgan fingerprint density at radius 1 is 0.964 bits per heavy atom. The van der Waals surface area contributed by atoms with Crippen molar-refractivity contribution < 1.29 is 35.9 Å². The predicted molar refractivity (Wildman–Crippen MR) is 94.4 cm³/mol. The monoisotopic (exact) mass is 432 g/mol. The van der Waals surface area contributed by atoms with E-state index in [0.717, 1.165) is 35.2 Å². The third-order valence-electron chi connectivity index (χ3n) is 2.76. The number of rotatable bonds is 5. The summed E-state index contributed by atoms with van der Waals surface area (Å²) in [5.74, 6) is -0.577. The van der Waals surface area contributed by atoms with Crippen LogP contribution in [0.25, 0.3) is 0 Å². The third kappa shape index (κ3) is 8.19. The van der Waals surface area contributed by atoms with Crippen LogP contribution in [0.15, 0.2) is 67.7 Å². The molecule has 0 heterocycles. The summed E-state index contributed by atoms with van der Waals surface area (Å²) in [6.45, 7) is 0. The first-order valence-corrected chi connectivity index (χ1v) is 9.69. The number of sulfonamides is 1. The van der Waals surface area contributed by atoms with Gasteiger partial charge in [-0.15, -0.1) is 24.9 Å². The van der Waals surface area contributed by atoms with E-state index in [-0.39, 0.29) is 0 Å². The van der Waals surface area contributed by atoms with Crippen LogP contribution in [-0.4, -0.2) is 33.2 Å². The fourth-order valence-corrected chi connectivity index (χ4v) is 2.72. The van der Waals surface area contributed by atoms with E-state index in [1.807, 2.05) is 18.4 Å². The van der Waals surface area contributed by atoms with Crippen molar-refractivity contribution in [3.8, 4) is 5.75 Å². The van der Waals surface area contributed by atoms with Crippen molar-refractivity contribution in [2.75, 3.05) is 6.26 Å². The van der Waals surface area contributed by atoms with Crippen LogP contribution in [0, 0.1) is 0 Å². The first-order valence-electron chi connectivity index (χ1n) is 7.03. The zero-order chi connectivity index (χ0) is 21.2. The molecule has 28 heavy (non-hydrogen) atoms. The maximum Gasteiger partial charge on any atom is 0.573 e. The molecule has 12 heteroatoms. The maximum atomic E-state index is 11.8. The summed E-state index contributed by atoms with van der Waals surface area (Å²) in [6.07, 6.45) is -0.537. The highest BCUT2D eigenvalue weighted by Gasteiger charge is 2.31. The van der Waals surface area contributed by atoms with E-state index in [0.29, 0.717) is 5.69 Å². The van der Waals surface area contributed by atoms with Crippen LogP contribution in [0.5, 0.6) is 5.75 Å². The van der Waals surface area contributed by atoms with Crippen molar-refractivity contribution in [2.24, 2.45) is 9.39 Å². The number of aliphatic imine (C=N–C) groups is 1. The molecule has 0 radical (unpaired) electrons. The quantitative estimate of drug-likeness (QED) is 0.402. The second-order valence-corrected chi connectivity index (χ2v) is 7.06. The molecule has 148 valence electrons. The number of benzene rings is 2. The number of hydrogen-bond donors (Lipinski definition) is 0. The summed E-state index contributed by atoms with van der Waals surface area (Å²) in [6, 6.07) is 10.7. The molecule has 0 bridgehead atoms. The van der Waals surface area contributed by atoms with Gasteiger partial charge in [-0.25, -0.2) is 9.59 Å². The van der Waals surface area contributed by atoms with Crippen molar-refractivity contribution in [3.05, 3.63) is 48.5 Å². The molecule has 2 rings (SSSR count). The molecule has 0 aliphatic heterocycles. The Morgan fingerprint density at radius 3 is 1.96 bits per heavy atom. The van der Waals surface area contributed by atoms with Gasteiger partial charge in [0.2, 0.25) is 6.08 Å². The molecule has 0 amide bonds. The Morgan fingerprint density at radius 2 is 1.54 bits per heavy atom. The summed E-state index contributed by atoms with van der Waals surface area (Å²) < 4.78 is 63.7. The summed E-state index contributed by atoms with van der Waals surface area (Å²) in [7, 11) is -4.21. The lowest BCUT2D eigenvalue weighted by molar-refractivity contribution is -0.274. The van der Waals surface area contributed by atoms with Crippen molar-refractivity contribution in [3.63, 3.8) is 0 Å². The lowest BCUT2D eigenvalue weighted by Crippen LogP contribution is -2.17. The summed E-state index contributed by atoms with van der Waals surface area (Å²) in [4.78, 5) is 23.8. The molecule has 0 saturated carbocycles. The fourth-order valence-electron chi connectivity index (χ4n) is 1.62. The number of carbonyl (C=O) groups excluding carboxylic acids is 2. The average molecular weight is 432 g/mol. The van der Waals surface area contributed by atoms with Crippen molar-refractivity contribution in [2.45, 2.75) is 16.2 Å². The number of halogens is 3. The zero-order valence-corrected chi connectivity index (χ0v) is 15.6. The van der Waals surface area contributed by atoms with Gasteiger partial charge in [0.25, 0.3) is 16.1 Å². The van der Waals surface area contributed by atoms with E-state index in [9.17, 15) is 31.2 Å². The molecule has 0 aliphatic carbocycles. The SMILES string of the molecule is CSc1ccc(N=C=O)cc1.O=C=NS(=O)(=O)c1ccc(OC(F)(F)F)cc1. The largest absolute Gasteiger partial charge is 0.573 e. The van der Waals surface area contributed by atoms with Gasteiger partial charge in [-0.05, 0) is 54.8 Å². The summed E-state index contributed by atoms with van der Waals surface area (Å²) >= 11 is 1.66. The molecule has 0 aliphatic rings. The second kappa shape index (κ2) is 10.4.